The van der Waals surface area contributed by atoms with E-state index in [0.717, 1.165) is 38.4 Å². The van der Waals surface area contributed by atoms with Gasteiger partial charge in [0, 0.05) is 73.1 Å². The van der Waals surface area contributed by atoms with Crippen LogP contribution in [0.2, 0.25) is 0 Å². The van der Waals surface area contributed by atoms with Gasteiger partial charge in [-0.2, -0.15) is 5.10 Å². The Bertz CT molecular complexity index is 2610. The summed E-state index contributed by atoms with van der Waals surface area (Å²) in [5.41, 5.74) is 3.80. The van der Waals surface area contributed by atoms with E-state index in [1.165, 1.54) is 30.1 Å². The number of anilines is 1. The predicted molar refractivity (Wildman–Crippen MR) is 229 cm³/mol. The summed E-state index contributed by atoms with van der Waals surface area (Å²) in [7, 11) is 3.33. The highest BCUT2D eigenvalue weighted by atomic mass is 19.1. The number of hydrogen-bond donors (Lipinski definition) is 3. The molecule has 0 radical (unpaired) electrons. The molecule has 0 spiro atoms. The Hall–Kier alpha value is -6.53. The second-order valence-corrected chi connectivity index (χ2v) is 14.7. The third kappa shape index (κ3) is 10.1. The fourth-order valence-corrected chi connectivity index (χ4v) is 7.42. The summed E-state index contributed by atoms with van der Waals surface area (Å²) in [5, 5.41) is 16.5. The average Bonchev–Trinajstić information content (AvgIpc) is 3.79. The Morgan fingerprint density at radius 2 is 1.56 bits per heavy atom. The van der Waals surface area contributed by atoms with Gasteiger partial charge in [0.2, 0.25) is 11.8 Å². The van der Waals surface area contributed by atoms with Crippen LogP contribution in [0.3, 0.4) is 0 Å². The van der Waals surface area contributed by atoms with Crippen molar-refractivity contribution in [1.29, 1.82) is 0 Å². The molecule has 4 aromatic carbocycles. The van der Waals surface area contributed by atoms with Gasteiger partial charge in [-0.3, -0.25) is 38.5 Å². The third-order valence-corrected chi connectivity index (χ3v) is 10.5. The summed E-state index contributed by atoms with van der Waals surface area (Å²) in [5.74, 6) is -1.94. The molecule has 17 heteroatoms. The first-order valence-corrected chi connectivity index (χ1v) is 20.3. The topological polar surface area (TPSA) is 184 Å². The van der Waals surface area contributed by atoms with Crippen molar-refractivity contribution in [2.45, 2.75) is 18.9 Å². The molecule has 4 amide bonds. The number of likely N-dealkylation sites (N-methyl/N-ethyl adjacent to an activating group) is 1. The van der Waals surface area contributed by atoms with Gasteiger partial charge in [0.25, 0.3) is 11.8 Å². The quantitative estimate of drug-likeness (QED) is 0.0530. The Labute approximate surface area is 356 Å². The van der Waals surface area contributed by atoms with Gasteiger partial charge < -0.3 is 34.5 Å². The summed E-state index contributed by atoms with van der Waals surface area (Å²) in [6.45, 7) is 3.41. The number of nitrogens with one attached hydrogen (secondary N) is 3. The molecule has 62 heavy (non-hydrogen) atoms. The maximum absolute atomic E-state index is 13.8. The first-order valence-electron chi connectivity index (χ1n) is 20.3. The van der Waals surface area contributed by atoms with Gasteiger partial charge >= 0.3 is 0 Å². The fraction of sp³-hybridized carbons (Fsp3) is 0.333. The molecular formula is C45H48FN7O9. The van der Waals surface area contributed by atoms with Crippen LogP contribution in [0, 0.1) is 5.82 Å². The molecule has 1 aliphatic rings. The van der Waals surface area contributed by atoms with Crippen LogP contribution in [0.15, 0.2) is 79.0 Å². The highest BCUT2D eigenvalue weighted by molar-refractivity contribution is 6.11. The number of nitrogens with zero attached hydrogens (tertiary/aromatic N) is 4. The van der Waals surface area contributed by atoms with Crippen LogP contribution in [-0.2, 0) is 35.6 Å². The molecule has 16 nitrogen and oxygen atoms in total. The summed E-state index contributed by atoms with van der Waals surface area (Å²) in [4.78, 5) is 63.4. The number of imide groups is 1. The number of amides is 4. The Kier molecular flexibility index (Phi) is 14.3. The first-order chi connectivity index (χ1) is 30.1. The Morgan fingerprint density at radius 1 is 0.871 bits per heavy atom. The molecule has 0 aliphatic carbocycles. The lowest BCUT2D eigenvalue weighted by atomic mass is 10.0. The van der Waals surface area contributed by atoms with E-state index in [0.29, 0.717) is 83.5 Å². The van der Waals surface area contributed by atoms with E-state index >= 15 is 0 Å². The van der Waals surface area contributed by atoms with E-state index < -0.39 is 17.9 Å². The fourth-order valence-electron chi connectivity index (χ4n) is 7.42. The predicted octanol–water partition coefficient (Wildman–Crippen LogP) is 4.41. The Morgan fingerprint density at radius 3 is 2.29 bits per heavy atom. The smallest absolute Gasteiger partial charge is 0.257 e. The van der Waals surface area contributed by atoms with Crippen molar-refractivity contribution >= 4 is 68.3 Å². The van der Waals surface area contributed by atoms with Crippen LogP contribution in [0.25, 0.3) is 38.4 Å². The van der Waals surface area contributed by atoms with Crippen LogP contribution < -0.4 is 16.0 Å². The van der Waals surface area contributed by atoms with Crippen molar-refractivity contribution in [1.82, 2.24) is 29.9 Å². The summed E-state index contributed by atoms with van der Waals surface area (Å²) in [6, 6.07) is 20.2. The number of aryl methyl sites for hydroxylation is 1. The number of halogens is 1. The van der Waals surface area contributed by atoms with E-state index in [1.54, 1.807) is 28.9 Å². The maximum Gasteiger partial charge on any atom is 0.257 e. The van der Waals surface area contributed by atoms with Gasteiger partial charge in [-0.15, -0.1) is 0 Å². The second kappa shape index (κ2) is 20.4. The van der Waals surface area contributed by atoms with E-state index in [4.69, 9.17) is 24.0 Å². The molecule has 324 valence electrons. The van der Waals surface area contributed by atoms with Gasteiger partial charge in [0.1, 0.15) is 11.9 Å². The summed E-state index contributed by atoms with van der Waals surface area (Å²) in [6.07, 6.45) is 2.85. The van der Waals surface area contributed by atoms with Gasteiger partial charge in [-0.05, 0) is 65.7 Å². The van der Waals surface area contributed by atoms with Crippen molar-refractivity contribution < 1.29 is 47.3 Å². The molecule has 2 aromatic heterocycles. The van der Waals surface area contributed by atoms with Crippen molar-refractivity contribution in [2.75, 3.05) is 78.3 Å². The second-order valence-electron chi connectivity index (χ2n) is 14.7. The number of aromatic nitrogens is 3. The van der Waals surface area contributed by atoms with Gasteiger partial charge in [0.05, 0.1) is 63.9 Å². The zero-order valence-electron chi connectivity index (χ0n) is 34.5. The minimum absolute atomic E-state index is 0.124. The molecule has 1 unspecified atom stereocenters. The van der Waals surface area contributed by atoms with Crippen molar-refractivity contribution in [3.05, 3.63) is 102 Å². The standard InChI is InChI=1S/C45H48FN7O9/c1-51-27-36-35-26-31(8-11-38(35)53(42(36)50-51)34-10-7-29-24-33(46)9-6-30(29)25-34)43(56)48-15-17-60-19-21-62-23-22-61-20-18-59-16-14-47-37-5-3-4-32(28-54)41(37)45(58)52(2)39-12-13-40(55)49-44(39)57/h3-11,24-28,39,47H,12-23H2,1-2H3,(H,48,56)(H,49,55,57). The molecule has 1 aliphatic heterocycles. The number of rotatable bonds is 21. The molecule has 1 saturated heterocycles. The molecule has 6 aromatic rings. The number of carbonyl (C=O) groups is 5. The maximum atomic E-state index is 13.8. The molecule has 7 rings (SSSR count). The van der Waals surface area contributed by atoms with Crippen LogP contribution in [0.1, 0.15) is 43.9 Å². The largest absolute Gasteiger partial charge is 0.382 e. The zero-order chi connectivity index (χ0) is 43.6. The SMILES string of the molecule is CN(C(=O)c1c(C=O)cccc1NCCOCCOCCOCCOCCNC(=O)c1ccc2c(c1)c1cn(C)nc1n2-c1ccc2cc(F)ccc2c1)C1CCC(=O)NC1=O. The normalized spacial score (nSPS) is 14.1. The first kappa shape index (κ1) is 43.6. The van der Waals surface area contributed by atoms with Crippen LogP contribution in [0.5, 0.6) is 0 Å². The van der Waals surface area contributed by atoms with E-state index in [-0.39, 0.29) is 41.6 Å². The van der Waals surface area contributed by atoms with E-state index in [9.17, 15) is 28.4 Å². The van der Waals surface area contributed by atoms with Crippen LogP contribution in [0.4, 0.5) is 10.1 Å². The zero-order valence-corrected chi connectivity index (χ0v) is 34.5. The van der Waals surface area contributed by atoms with Gasteiger partial charge in [0.15, 0.2) is 11.9 Å². The van der Waals surface area contributed by atoms with Gasteiger partial charge in [-0.25, -0.2) is 4.39 Å². The number of benzene rings is 4. The minimum atomic E-state index is -0.822. The van der Waals surface area contributed by atoms with Crippen LogP contribution >= 0.6 is 0 Å². The number of ether oxygens (including phenoxy) is 4. The lowest BCUT2D eigenvalue weighted by Crippen LogP contribution is -2.53. The monoisotopic (exact) mass is 849 g/mol. The van der Waals surface area contributed by atoms with Crippen molar-refractivity contribution in [3.63, 3.8) is 0 Å². The lowest BCUT2D eigenvalue weighted by molar-refractivity contribution is -0.136. The molecule has 3 N–H and O–H groups in total. The number of aldehydes is 1. The molecule has 3 heterocycles. The van der Waals surface area contributed by atoms with Gasteiger partial charge in [-0.1, -0.05) is 24.3 Å². The molecule has 1 atom stereocenters. The summed E-state index contributed by atoms with van der Waals surface area (Å²) < 4.78 is 40.0. The third-order valence-electron chi connectivity index (χ3n) is 10.5. The number of fused-ring (bicyclic) bond motifs is 4. The molecule has 1 fully saturated rings. The van der Waals surface area contributed by atoms with Crippen molar-refractivity contribution in [3.8, 4) is 5.69 Å². The van der Waals surface area contributed by atoms with E-state index in [1.807, 2.05) is 48.1 Å². The molecule has 0 bridgehead atoms. The number of carbonyl (C=O) groups excluding carboxylic acids is 5. The summed E-state index contributed by atoms with van der Waals surface area (Å²) >= 11 is 0. The molecule has 0 saturated carbocycles. The highest BCUT2D eigenvalue weighted by Crippen LogP contribution is 2.33. The molecular weight excluding hydrogens is 802 g/mol. The van der Waals surface area contributed by atoms with E-state index in [2.05, 4.69) is 16.0 Å². The number of piperidine rings is 1. The highest BCUT2D eigenvalue weighted by Gasteiger charge is 2.34. The Balaban J connectivity index is 0.755. The van der Waals surface area contributed by atoms with Crippen LogP contribution in [-0.4, -0.2) is 128 Å². The lowest BCUT2D eigenvalue weighted by Gasteiger charge is -2.30. The van der Waals surface area contributed by atoms with Crippen molar-refractivity contribution in [2.24, 2.45) is 7.05 Å². The number of hydrogen-bond acceptors (Lipinski definition) is 11. The average molecular weight is 850 g/mol. The minimum Gasteiger partial charge on any atom is -0.382 e.